The second kappa shape index (κ2) is 4.37. The first-order chi connectivity index (χ1) is 7.10. The van der Waals surface area contributed by atoms with Crippen molar-refractivity contribution in [2.75, 3.05) is 13.1 Å². The minimum absolute atomic E-state index is 0.105. The Bertz CT molecular complexity index is 211. The molecule has 4 N–H and O–H groups in total. The Morgan fingerprint density at radius 3 is 2.33 bits per heavy atom. The minimum atomic E-state index is -0.559. The highest BCUT2D eigenvalue weighted by Gasteiger charge is 2.40. The smallest absolute Gasteiger partial charge is 0.104 e. The molecule has 1 atom stereocenters. The lowest BCUT2D eigenvalue weighted by Crippen LogP contribution is -2.69. The van der Waals surface area contributed by atoms with E-state index in [4.69, 9.17) is 0 Å². The van der Waals surface area contributed by atoms with Crippen molar-refractivity contribution in [1.29, 1.82) is 0 Å². The van der Waals surface area contributed by atoms with Gasteiger partial charge in [-0.05, 0) is 32.6 Å². The van der Waals surface area contributed by atoms with Gasteiger partial charge in [0.1, 0.15) is 5.60 Å². The summed E-state index contributed by atoms with van der Waals surface area (Å²) in [5, 5.41) is 26.1. The van der Waals surface area contributed by atoms with Crippen molar-refractivity contribution < 1.29 is 10.2 Å². The zero-order valence-corrected chi connectivity index (χ0v) is 9.37. The van der Waals surface area contributed by atoms with Gasteiger partial charge in [0.05, 0.1) is 6.10 Å². The number of hydrogen-bond donors (Lipinski definition) is 4. The fraction of sp³-hybridized carbons (Fsp3) is 1.00. The fourth-order valence-corrected chi connectivity index (χ4v) is 2.44. The Labute approximate surface area is 91.1 Å². The molecule has 88 valence electrons. The predicted octanol–water partition coefficient (Wildman–Crippen LogP) is -0.398. The monoisotopic (exact) mass is 214 g/mol. The van der Waals surface area contributed by atoms with Crippen LogP contribution >= 0.6 is 0 Å². The minimum Gasteiger partial charge on any atom is -0.393 e. The van der Waals surface area contributed by atoms with Crippen molar-refractivity contribution in [3.63, 3.8) is 0 Å². The quantitative estimate of drug-likeness (QED) is 0.516. The van der Waals surface area contributed by atoms with Gasteiger partial charge < -0.3 is 20.8 Å². The van der Waals surface area contributed by atoms with E-state index in [-0.39, 0.29) is 12.1 Å². The van der Waals surface area contributed by atoms with Crippen LogP contribution in [-0.4, -0.2) is 47.1 Å². The molecule has 0 aromatic carbocycles. The van der Waals surface area contributed by atoms with Crippen LogP contribution in [0, 0.1) is 0 Å². The summed E-state index contributed by atoms with van der Waals surface area (Å²) in [4.78, 5) is 0. The second-order valence-electron chi connectivity index (χ2n) is 5.10. The number of aliphatic hydroxyl groups is 2. The molecule has 4 heteroatoms. The van der Waals surface area contributed by atoms with E-state index in [9.17, 15) is 10.2 Å². The molecule has 1 heterocycles. The summed E-state index contributed by atoms with van der Waals surface area (Å²) in [6, 6.07) is 0.604. The van der Waals surface area contributed by atoms with Gasteiger partial charge in [0, 0.05) is 25.2 Å². The number of rotatable bonds is 3. The van der Waals surface area contributed by atoms with Gasteiger partial charge in [-0.3, -0.25) is 0 Å². The number of nitrogens with one attached hydrogen (secondary N) is 2. The molecule has 1 aliphatic heterocycles. The highest BCUT2D eigenvalue weighted by atomic mass is 16.3. The summed E-state index contributed by atoms with van der Waals surface area (Å²) in [5.41, 5.74) is -0.559. The topological polar surface area (TPSA) is 64.5 Å². The van der Waals surface area contributed by atoms with Gasteiger partial charge in [-0.2, -0.15) is 0 Å². The van der Waals surface area contributed by atoms with Crippen molar-refractivity contribution >= 4 is 0 Å². The molecular formula is C11H22N2O2. The fourth-order valence-electron chi connectivity index (χ4n) is 2.44. The summed E-state index contributed by atoms with van der Waals surface area (Å²) >= 11 is 0. The predicted molar refractivity (Wildman–Crippen MR) is 58.7 cm³/mol. The Morgan fingerprint density at radius 1 is 1.27 bits per heavy atom. The third kappa shape index (κ3) is 2.50. The highest BCUT2D eigenvalue weighted by molar-refractivity contribution is 5.01. The third-order valence-electron chi connectivity index (χ3n) is 3.85. The van der Waals surface area contributed by atoms with Crippen molar-refractivity contribution in [3.05, 3.63) is 0 Å². The van der Waals surface area contributed by atoms with Crippen LogP contribution in [0.3, 0.4) is 0 Å². The molecular weight excluding hydrogens is 192 g/mol. The Kier molecular flexibility index (Phi) is 3.30. The van der Waals surface area contributed by atoms with Crippen molar-refractivity contribution in [2.45, 2.75) is 56.4 Å². The molecule has 2 aliphatic rings. The summed E-state index contributed by atoms with van der Waals surface area (Å²) < 4.78 is 0. The molecule has 4 nitrogen and oxygen atoms in total. The average molecular weight is 214 g/mol. The van der Waals surface area contributed by atoms with E-state index in [0.29, 0.717) is 19.1 Å². The van der Waals surface area contributed by atoms with Gasteiger partial charge in [0.15, 0.2) is 0 Å². The maximum Gasteiger partial charge on any atom is 0.104 e. The maximum absolute atomic E-state index is 10.1. The zero-order chi connectivity index (χ0) is 10.9. The van der Waals surface area contributed by atoms with E-state index in [0.717, 1.165) is 25.7 Å². The molecule has 0 aromatic heterocycles. The largest absolute Gasteiger partial charge is 0.393 e. The van der Waals surface area contributed by atoms with Gasteiger partial charge in [0.2, 0.25) is 0 Å². The molecule has 0 spiro atoms. The van der Waals surface area contributed by atoms with Gasteiger partial charge in [-0.25, -0.2) is 0 Å². The molecule has 1 aliphatic carbocycles. The molecule has 1 unspecified atom stereocenters. The zero-order valence-electron chi connectivity index (χ0n) is 9.37. The summed E-state index contributed by atoms with van der Waals surface area (Å²) in [6.45, 7) is 3.43. The van der Waals surface area contributed by atoms with Crippen LogP contribution < -0.4 is 10.6 Å². The van der Waals surface area contributed by atoms with Gasteiger partial charge in [-0.15, -0.1) is 0 Å². The SMILES string of the molecule is CC(NC1CCC(O)CC1)C1(O)CNC1. The normalized spacial score (nSPS) is 37.0. The highest BCUT2D eigenvalue weighted by Crippen LogP contribution is 2.22. The van der Waals surface area contributed by atoms with Crippen molar-refractivity contribution in [1.82, 2.24) is 10.6 Å². The van der Waals surface area contributed by atoms with E-state index < -0.39 is 5.60 Å². The lowest BCUT2D eigenvalue weighted by molar-refractivity contribution is -0.0428. The van der Waals surface area contributed by atoms with Crippen molar-refractivity contribution in [3.8, 4) is 0 Å². The molecule has 0 bridgehead atoms. The first kappa shape index (κ1) is 11.3. The van der Waals surface area contributed by atoms with Crippen LogP contribution in [0.4, 0.5) is 0 Å². The van der Waals surface area contributed by atoms with Crippen LogP contribution in [0.15, 0.2) is 0 Å². The van der Waals surface area contributed by atoms with Crippen LogP contribution in [0.5, 0.6) is 0 Å². The Hall–Kier alpha value is -0.160. The first-order valence-electron chi connectivity index (χ1n) is 5.97. The van der Waals surface area contributed by atoms with Gasteiger partial charge in [0.25, 0.3) is 0 Å². The van der Waals surface area contributed by atoms with Gasteiger partial charge >= 0.3 is 0 Å². The molecule has 1 saturated heterocycles. The van der Waals surface area contributed by atoms with Crippen LogP contribution in [0.25, 0.3) is 0 Å². The number of aliphatic hydroxyl groups excluding tert-OH is 1. The Morgan fingerprint density at radius 2 is 1.87 bits per heavy atom. The van der Waals surface area contributed by atoms with Gasteiger partial charge in [-0.1, -0.05) is 0 Å². The molecule has 2 rings (SSSR count). The maximum atomic E-state index is 10.1. The molecule has 15 heavy (non-hydrogen) atoms. The van der Waals surface area contributed by atoms with E-state index in [1.165, 1.54) is 0 Å². The molecule has 1 saturated carbocycles. The van der Waals surface area contributed by atoms with E-state index in [1.807, 2.05) is 6.92 Å². The second-order valence-corrected chi connectivity index (χ2v) is 5.10. The first-order valence-corrected chi connectivity index (χ1v) is 5.97. The average Bonchev–Trinajstić information content (AvgIpc) is 2.18. The molecule has 2 fully saturated rings. The van der Waals surface area contributed by atoms with Crippen LogP contribution in [-0.2, 0) is 0 Å². The summed E-state index contributed by atoms with van der Waals surface area (Å²) in [6.07, 6.45) is 3.72. The van der Waals surface area contributed by atoms with E-state index in [1.54, 1.807) is 0 Å². The standard InChI is InChI=1S/C11H22N2O2/c1-8(11(15)6-12-7-11)13-9-2-4-10(14)5-3-9/h8-10,12-15H,2-7H2,1H3. The van der Waals surface area contributed by atoms with E-state index >= 15 is 0 Å². The lowest BCUT2D eigenvalue weighted by Gasteiger charge is -2.44. The third-order valence-corrected chi connectivity index (χ3v) is 3.85. The molecule has 0 radical (unpaired) electrons. The van der Waals surface area contributed by atoms with E-state index in [2.05, 4.69) is 10.6 Å². The summed E-state index contributed by atoms with van der Waals surface area (Å²) in [7, 11) is 0. The molecule has 0 amide bonds. The van der Waals surface area contributed by atoms with Crippen molar-refractivity contribution in [2.24, 2.45) is 0 Å². The number of hydrogen-bond acceptors (Lipinski definition) is 4. The lowest BCUT2D eigenvalue weighted by atomic mass is 9.86. The number of β-amino-alcohol motifs (C(OH)–C–C–N with tert-alkyl or cyclic N) is 1. The Balaban J connectivity index is 1.76. The van der Waals surface area contributed by atoms with Crippen LogP contribution in [0.2, 0.25) is 0 Å². The summed E-state index contributed by atoms with van der Waals surface area (Å²) in [5.74, 6) is 0. The van der Waals surface area contributed by atoms with Crippen LogP contribution in [0.1, 0.15) is 32.6 Å². The molecule has 0 aromatic rings.